The number of nitrogens with zero attached hydrogens (tertiary/aromatic N) is 1. The van der Waals surface area contributed by atoms with Crippen LogP contribution in [0.1, 0.15) is 0 Å². The van der Waals surface area contributed by atoms with Crippen LogP contribution in [0, 0.1) is 0 Å². The molecule has 0 fully saturated rings. The normalized spacial score (nSPS) is 10.9. The zero-order chi connectivity index (χ0) is 10.3. The average molecular weight is 198 g/mol. The van der Waals surface area contributed by atoms with E-state index in [0.29, 0.717) is 4.57 Å². The number of aliphatic hydroxyl groups excluding tert-OH is 1. The average Bonchev–Trinajstić information content (AvgIpc) is 2.47. The van der Waals surface area contributed by atoms with E-state index in [9.17, 15) is 14.4 Å². The van der Waals surface area contributed by atoms with E-state index >= 15 is 0 Å². The number of aliphatic hydroxyl groups is 1. The maximum atomic E-state index is 11.4. The molecule has 14 heavy (non-hydrogen) atoms. The molecule has 0 aliphatic heterocycles. The molecule has 0 aliphatic rings. The molecule has 8 nitrogen and oxygen atoms in total. The number of hydrogen-bond donors (Lipinski definition) is 4. The molecule has 2 heterocycles. The van der Waals surface area contributed by atoms with Gasteiger partial charge in [-0.15, -0.1) is 0 Å². The van der Waals surface area contributed by atoms with Crippen LogP contribution in [-0.4, -0.2) is 24.6 Å². The van der Waals surface area contributed by atoms with Crippen LogP contribution in [0.25, 0.3) is 11.2 Å². The third kappa shape index (κ3) is 1.01. The highest BCUT2D eigenvalue weighted by Gasteiger charge is 2.08. The van der Waals surface area contributed by atoms with Gasteiger partial charge in [0.15, 0.2) is 5.52 Å². The Balaban J connectivity index is 3.07. The summed E-state index contributed by atoms with van der Waals surface area (Å²) in [7, 11) is 0. The lowest BCUT2D eigenvalue weighted by Crippen LogP contribution is -2.35. The molecule has 2 aromatic rings. The molecule has 4 N–H and O–H groups in total. The Morgan fingerprint density at radius 3 is 2.50 bits per heavy atom. The molecule has 0 atom stereocenters. The SMILES string of the molecule is O=c1[nH]c2[nH]c(=O)n(CO)c(=O)c2[nH]1. The van der Waals surface area contributed by atoms with Crippen molar-refractivity contribution in [3.8, 4) is 0 Å². The van der Waals surface area contributed by atoms with Crippen LogP contribution in [0.3, 0.4) is 0 Å². The second kappa shape index (κ2) is 2.70. The first kappa shape index (κ1) is 8.51. The Bertz CT molecular complexity index is 642. The van der Waals surface area contributed by atoms with Crippen LogP contribution in [-0.2, 0) is 6.73 Å². The third-order valence-corrected chi connectivity index (χ3v) is 1.80. The van der Waals surface area contributed by atoms with Gasteiger partial charge in [0.25, 0.3) is 5.56 Å². The number of aromatic nitrogens is 4. The standard InChI is InChI=1S/C6H6N4O4/c11-1-10-4(12)2-3(9-6(10)14)8-5(13)7-2/h11H,1H2,(H,9,14)(H2,7,8,13). The van der Waals surface area contributed by atoms with E-state index in [-0.39, 0.29) is 11.2 Å². The Hall–Kier alpha value is -2.09. The monoisotopic (exact) mass is 198 g/mol. The summed E-state index contributed by atoms with van der Waals surface area (Å²) in [6.45, 7) is -0.739. The third-order valence-electron chi connectivity index (χ3n) is 1.80. The predicted molar refractivity (Wildman–Crippen MR) is 46.0 cm³/mol. The van der Waals surface area contributed by atoms with Gasteiger partial charge in [0.2, 0.25) is 0 Å². The summed E-state index contributed by atoms with van der Waals surface area (Å²) in [5.41, 5.74) is -2.16. The lowest BCUT2D eigenvalue weighted by molar-refractivity contribution is 0.201. The fourth-order valence-corrected chi connectivity index (χ4v) is 1.17. The van der Waals surface area contributed by atoms with Crippen molar-refractivity contribution >= 4 is 11.2 Å². The molecular weight excluding hydrogens is 192 g/mol. The minimum atomic E-state index is -0.778. The number of hydrogen-bond acceptors (Lipinski definition) is 4. The second-order valence-electron chi connectivity index (χ2n) is 2.63. The van der Waals surface area contributed by atoms with Crippen LogP contribution in [0.2, 0.25) is 0 Å². The number of nitrogens with one attached hydrogen (secondary N) is 3. The molecule has 0 amide bonds. The van der Waals surface area contributed by atoms with Gasteiger partial charge in [0, 0.05) is 0 Å². The lowest BCUT2D eigenvalue weighted by Gasteiger charge is -1.97. The summed E-state index contributed by atoms with van der Waals surface area (Å²) in [6, 6.07) is 0. The Morgan fingerprint density at radius 1 is 1.14 bits per heavy atom. The molecule has 2 aromatic heterocycles. The summed E-state index contributed by atoms with van der Waals surface area (Å²) in [6.07, 6.45) is 0. The first-order valence-electron chi connectivity index (χ1n) is 3.69. The Morgan fingerprint density at radius 2 is 1.86 bits per heavy atom. The fraction of sp³-hybridized carbons (Fsp3) is 0.167. The molecule has 0 bridgehead atoms. The van der Waals surface area contributed by atoms with Crippen molar-refractivity contribution in [3.05, 3.63) is 31.3 Å². The molecular formula is C6H6N4O4. The fourth-order valence-electron chi connectivity index (χ4n) is 1.17. The molecule has 0 spiro atoms. The zero-order valence-corrected chi connectivity index (χ0v) is 6.83. The van der Waals surface area contributed by atoms with Crippen LogP contribution in [0.15, 0.2) is 14.4 Å². The van der Waals surface area contributed by atoms with Crippen molar-refractivity contribution in [1.29, 1.82) is 0 Å². The van der Waals surface area contributed by atoms with Gasteiger partial charge in [0.05, 0.1) is 0 Å². The second-order valence-corrected chi connectivity index (χ2v) is 2.63. The molecule has 0 radical (unpaired) electrons. The molecule has 0 unspecified atom stereocenters. The van der Waals surface area contributed by atoms with E-state index in [1.54, 1.807) is 0 Å². The van der Waals surface area contributed by atoms with Crippen molar-refractivity contribution < 1.29 is 5.11 Å². The summed E-state index contributed by atoms with van der Waals surface area (Å²) in [5.74, 6) is 0. The van der Waals surface area contributed by atoms with Crippen molar-refractivity contribution in [1.82, 2.24) is 19.5 Å². The van der Waals surface area contributed by atoms with Crippen LogP contribution >= 0.6 is 0 Å². The van der Waals surface area contributed by atoms with E-state index in [4.69, 9.17) is 5.11 Å². The summed E-state index contributed by atoms with van der Waals surface area (Å²) in [5, 5.41) is 8.71. The van der Waals surface area contributed by atoms with Crippen LogP contribution < -0.4 is 16.9 Å². The van der Waals surface area contributed by atoms with E-state index in [1.807, 2.05) is 0 Å². The number of H-pyrrole nitrogens is 3. The largest absolute Gasteiger partial charge is 0.376 e. The lowest BCUT2D eigenvalue weighted by atomic mass is 10.5. The van der Waals surface area contributed by atoms with E-state index in [0.717, 1.165) is 0 Å². The quantitative estimate of drug-likeness (QED) is 0.409. The molecule has 74 valence electrons. The van der Waals surface area contributed by atoms with E-state index < -0.39 is 23.7 Å². The first-order chi connectivity index (χ1) is 6.63. The highest BCUT2D eigenvalue weighted by Crippen LogP contribution is 1.90. The van der Waals surface area contributed by atoms with Gasteiger partial charge in [-0.2, -0.15) is 0 Å². The molecule has 0 saturated carbocycles. The minimum absolute atomic E-state index is 0.0229. The number of aromatic amines is 3. The van der Waals surface area contributed by atoms with Gasteiger partial charge >= 0.3 is 11.4 Å². The molecule has 8 heteroatoms. The van der Waals surface area contributed by atoms with Crippen LogP contribution in [0.5, 0.6) is 0 Å². The van der Waals surface area contributed by atoms with Gasteiger partial charge in [0.1, 0.15) is 12.4 Å². The smallest absolute Gasteiger partial charge is 0.331 e. The topological polar surface area (TPSA) is 124 Å². The van der Waals surface area contributed by atoms with Crippen molar-refractivity contribution in [2.75, 3.05) is 0 Å². The van der Waals surface area contributed by atoms with Crippen LogP contribution in [0.4, 0.5) is 0 Å². The van der Waals surface area contributed by atoms with Crippen molar-refractivity contribution in [2.45, 2.75) is 6.73 Å². The first-order valence-corrected chi connectivity index (χ1v) is 3.69. The van der Waals surface area contributed by atoms with E-state index in [1.165, 1.54) is 0 Å². The van der Waals surface area contributed by atoms with Gasteiger partial charge in [-0.3, -0.25) is 19.7 Å². The number of fused-ring (bicyclic) bond motifs is 1. The van der Waals surface area contributed by atoms with Gasteiger partial charge < -0.3 is 5.11 Å². The van der Waals surface area contributed by atoms with E-state index in [2.05, 4.69) is 15.0 Å². The molecule has 2 rings (SSSR count). The van der Waals surface area contributed by atoms with Crippen molar-refractivity contribution in [2.24, 2.45) is 0 Å². The van der Waals surface area contributed by atoms with Gasteiger partial charge in [-0.05, 0) is 0 Å². The summed E-state index contributed by atoms with van der Waals surface area (Å²) >= 11 is 0. The molecule has 0 aliphatic carbocycles. The highest BCUT2D eigenvalue weighted by atomic mass is 16.3. The number of rotatable bonds is 1. The maximum absolute atomic E-state index is 11.4. The number of imidazole rings is 1. The Labute approximate surface area is 74.8 Å². The van der Waals surface area contributed by atoms with Crippen molar-refractivity contribution in [3.63, 3.8) is 0 Å². The molecule has 0 aromatic carbocycles. The molecule has 0 saturated heterocycles. The van der Waals surface area contributed by atoms with Gasteiger partial charge in [-0.25, -0.2) is 14.2 Å². The zero-order valence-electron chi connectivity index (χ0n) is 6.83. The highest BCUT2D eigenvalue weighted by molar-refractivity contribution is 5.67. The maximum Gasteiger partial charge on any atom is 0.331 e. The van der Waals surface area contributed by atoms with Gasteiger partial charge in [-0.1, -0.05) is 0 Å². The minimum Gasteiger partial charge on any atom is -0.376 e. The Kier molecular flexibility index (Phi) is 1.64. The predicted octanol–water partition coefficient (Wildman–Crippen LogP) is -2.34. The summed E-state index contributed by atoms with van der Waals surface area (Å²) < 4.78 is 0.562. The summed E-state index contributed by atoms with van der Waals surface area (Å²) in [4.78, 5) is 40.0.